The molecule has 3 rings (SSSR count). The predicted octanol–water partition coefficient (Wildman–Crippen LogP) is 3.90. The summed E-state index contributed by atoms with van der Waals surface area (Å²) in [6, 6.07) is 16.1. The lowest BCUT2D eigenvalue weighted by Gasteiger charge is -2.16. The van der Waals surface area contributed by atoms with Crippen molar-refractivity contribution in [2.45, 2.75) is 13.0 Å². The molecule has 1 unspecified atom stereocenters. The number of halogens is 1. The molecule has 0 radical (unpaired) electrons. The Morgan fingerprint density at radius 2 is 1.95 bits per heavy atom. The quantitative estimate of drug-likeness (QED) is 0.413. The zero-order valence-corrected chi connectivity index (χ0v) is 13.2. The second kappa shape index (κ2) is 5.55. The van der Waals surface area contributed by atoms with Crippen molar-refractivity contribution in [2.75, 3.05) is 0 Å². The Bertz CT molecular complexity index is 718. The highest BCUT2D eigenvalue weighted by Gasteiger charge is 2.20. The second-order valence-corrected chi connectivity index (χ2v) is 5.84. The Morgan fingerprint density at radius 3 is 2.70 bits per heavy atom. The fourth-order valence-electron chi connectivity index (χ4n) is 2.36. The van der Waals surface area contributed by atoms with Crippen molar-refractivity contribution < 1.29 is 4.42 Å². The van der Waals surface area contributed by atoms with Crippen molar-refractivity contribution in [1.29, 1.82) is 0 Å². The third-order valence-electron chi connectivity index (χ3n) is 3.43. The Hall–Kier alpha value is -1.37. The SMILES string of the molecule is Cc1cccc(C(NN)c2cc3ccccc3o2)c1I. The zero-order chi connectivity index (χ0) is 14.1. The van der Waals surface area contributed by atoms with E-state index in [1.54, 1.807) is 0 Å². The molecule has 0 aliphatic carbocycles. The van der Waals surface area contributed by atoms with Crippen LogP contribution in [0.3, 0.4) is 0 Å². The van der Waals surface area contributed by atoms with Gasteiger partial charge in [-0.15, -0.1) is 0 Å². The Balaban J connectivity index is 2.11. The highest BCUT2D eigenvalue weighted by molar-refractivity contribution is 14.1. The van der Waals surface area contributed by atoms with Gasteiger partial charge in [-0.1, -0.05) is 36.4 Å². The molecule has 2 aromatic carbocycles. The molecule has 0 bridgehead atoms. The van der Waals surface area contributed by atoms with Crippen LogP contribution >= 0.6 is 22.6 Å². The Labute approximate surface area is 131 Å². The summed E-state index contributed by atoms with van der Waals surface area (Å²) in [7, 11) is 0. The fourth-order valence-corrected chi connectivity index (χ4v) is 3.03. The summed E-state index contributed by atoms with van der Waals surface area (Å²) >= 11 is 2.35. The minimum absolute atomic E-state index is 0.144. The van der Waals surface area contributed by atoms with Gasteiger partial charge < -0.3 is 4.42 Å². The number of furan rings is 1. The molecule has 0 amide bonds. The largest absolute Gasteiger partial charge is 0.459 e. The number of hydrogen-bond donors (Lipinski definition) is 2. The number of aryl methyl sites for hydroxylation is 1. The van der Waals surface area contributed by atoms with Gasteiger partial charge in [-0.3, -0.25) is 5.84 Å². The van der Waals surface area contributed by atoms with Crippen LogP contribution in [0.25, 0.3) is 11.0 Å². The molecular formula is C16H15IN2O. The first-order chi connectivity index (χ1) is 9.70. The number of rotatable bonds is 3. The van der Waals surface area contributed by atoms with Gasteiger partial charge in [-0.05, 0) is 52.8 Å². The van der Waals surface area contributed by atoms with Crippen molar-refractivity contribution >= 4 is 33.6 Å². The number of nitrogens with two attached hydrogens (primary N) is 1. The molecule has 20 heavy (non-hydrogen) atoms. The number of nitrogens with one attached hydrogen (secondary N) is 1. The third-order valence-corrected chi connectivity index (χ3v) is 4.90. The van der Waals surface area contributed by atoms with Gasteiger partial charge in [0.15, 0.2) is 0 Å². The molecule has 4 heteroatoms. The van der Waals surface area contributed by atoms with Crippen molar-refractivity contribution in [3.05, 3.63) is 69.0 Å². The molecule has 1 aromatic heterocycles. The zero-order valence-electron chi connectivity index (χ0n) is 11.1. The topological polar surface area (TPSA) is 51.2 Å². The van der Waals surface area contributed by atoms with Crippen LogP contribution < -0.4 is 11.3 Å². The lowest BCUT2D eigenvalue weighted by atomic mass is 10.0. The average Bonchev–Trinajstić information content (AvgIpc) is 2.87. The maximum atomic E-state index is 5.92. The molecule has 3 aromatic rings. The molecule has 1 atom stereocenters. The summed E-state index contributed by atoms with van der Waals surface area (Å²) in [4.78, 5) is 0. The van der Waals surface area contributed by atoms with Gasteiger partial charge >= 0.3 is 0 Å². The van der Waals surface area contributed by atoms with Crippen molar-refractivity contribution in [3.63, 3.8) is 0 Å². The number of para-hydroxylation sites is 1. The molecule has 0 fully saturated rings. The minimum Gasteiger partial charge on any atom is -0.459 e. The van der Waals surface area contributed by atoms with E-state index < -0.39 is 0 Å². The number of hydrogen-bond acceptors (Lipinski definition) is 3. The smallest absolute Gasteiger partial charge is 0.134 e. The van der Waals surface area contributed by atoms with Crippen molar-refractivity contribution in [2.24, 2.45) is 5.84 Å². The second-order valence-electron chi connectivity index (χ2n) is 4.76. The summed E-state index contributed by atoms with van der Waals surface area (Å²) in [5, 5.41) is 1.09. The first-order valence-electron chi connectivity index (χ1n) is 6.40. The summed E-state index contributed by atoms with van der Waals surface area (Å²) in [5.74, 6) is 6.60. The molecule has 1 heterocycles. The van der Waals surface area contributed by atoms with E-state index in [1.807, 2.05) is 36.4 Å². The molecule has 0 saturated heterocycles. The molecule has 3 nitrogen and oxygen atoms in total. The van der Waals surface area contributed by atoms with Gasteiger partial charge in [-0.25, -0.2) is 5.43 Å². The van der Waals surface area contributed by atoms with Crippen LogP contribution in [0.2, 0.25) is 0 Å². The van der Waals surface area contributed by atoms with Crippen molar-refractivity contribution in [3.8, 4) is 0 Å². The van der Waals surface area contributed by atoms with Gasteiger partial charge in [0.25, 0.3) is 0 Å². The van der Waals surface area contributed by atoms with Crippen LogP contribution in [-0.2, 0) is 0 Å². The van der Waals surface area contributed by atoms with Gasteiger partial charge in [0.1, 0.15) is 17.4 Å². The Kier molecular flexibility index (Phi) is 3.78. The van der Waals surface area contributed by atoms with Gasteiger partial charge in [0.05, 0.1) is 0 Å². The standard InChI is InChI=1S/C16H15IN2O/c1-10-5-4-7-12(15(10)17)16(19-18)14-9-11-6-2-3-8-13(11)20-14/h2-9,16,19H,18H2,1H3. The number of hydrazine groups is 1. The fraction of sp³-hybridized carbons (Fsp3) is 0.125. The molecule has 0 saturated carbocycles. The molecule has 102 valence electrons. The highest BCUT2D eigenvalue weighted by atomic mass is 127. The normalized spacial score (nSPS) is 12.8. The first-order valence-corrected chi connectivity index (χ1v) is 7.48. The van der Waals surface area contributed by atoms with Crippen LogP contribution in [-0.4, -0.2) is 0 Å². The summed E-state index contributed by atoms with van der Waals surface area (Å²) in [5.41, 5.74) is 6.11. The summed E-state index contributed by atoms with van der Waals surface area (Å²) in [6.45, 7) is 2.09. The maximum absolute atomic E-state index is 5.92. The molecule has 0 spiro atoms. The maximum Gasteiger partial charge on any atom is 0.134 e. The molecular weight excluding hydrogens is 363 g/mol. The minimum atomic E-state index is -0.144. The number of benzene rings is 2. The van der Waals surface area contributed by atoms with Crippen LogP contribution in [0.15, 0.2) is 52.9 Å². The van der Waals surface area contributed by atoms with E-state index in [0.29, 0.717) is 0 Å². The first kappa shape index (κ1) is 13.6. The van der Waals surface area contributed by atoms with E-state index in [2.05, 4.69) is 47.1 Å². The van der Waals surface area contributed by atoms with Crippen LogP contribution in [0.5, 0.6) is 0 Å². The van der Waals surface area contributed by atoms with Crippen LogP contribution in [0.4, 0.5) is 0 Å². The summed E-state index contributed by atoms with van der Waals surface area (Å²) < 4.78 is 7.13. The molecule has 0 aliphatic heterocycles. The molecule has 0 aliphatic rings. The summed E-state index contributed by atoms with van der Waals surface area (Å²) in [6.07, 6.45) is 0. The van der Waals surface area contributed by atoms with E-state index in [-0.39, 0.29) is 6.04 Å². The van der Waals surface area contributed by atoms with Crippen molar-refractivity contribution in [1.82, 2.24) is 5.43 Å². The monoisotopic (exact) mass is 378 g/mol. The third kappa shape index (κ3) is 2.34. The lowest BCUT2D eigenvalue weighted by Crippen LogP contribution is -2.29. The average molecular weight is 378 g/mol. The van der Waals surface area contributed by atoms with Gasteiger partial charge in [-0.2, -0.15) is 0 Å². The lowest BCUT2D eigenvalue weighted by molar-refractivity contribution is 0.476. The van der Waals surface area contributed by atoms with Gasteiger partial charge in [0.2, 0.25) is 0 Å². The van der Waals surface area contributed by atoms with E-state index in [9.17, 15) is 0 Å². The molecule has 3 N–H and O–H groups in total. The predicted molar refractivity (Wildman–Crippen MR) is 89.3 cm³/mol. The van der Waals surface area contributed by atoms with Crippen LogP contribution in [0, 0.1) is 10.5 Å². The van der Waals surface area contributed by atoms with Crippen LogP contribution in [0.1, 0.15) is 22.9 Å². The Morgan fingerprint density at radius 1 is 1.15 bits per heavy atom. The van der Waals surface area contributed by atoms with E-state index in [1.165, 1.54) is 9.13 Å². The van der Waals surface area contributed by atoms with E-state index in [0.717, 1.165) is 22.3 Å². The number of fused-ring (bicyclic) bond motifs is 1. The van der Waals surface area contributed by atoms with E-state index in [4.69, 9.17) is 10.3 Å². The van der Waals surface area contributed by atoms with E-state index >= 15 is 0 Å². The highest BCUT2D eigenvalue weighted by Crippen LogP contribution is 2.31. The van der Waals surface area contributed by atoms with Gasteiger partial charge in [0, 0.05) is 8.96 Å².